The first-order valence-electron chi connectivity index (χ1n) is 9.49. The van der Waals surface area contributed by atoms with Crippen LogP contribution in [0.5, 0.6) is 0 Å². The van der Waals surface area contributed by atoms with Crippen LogP contribution in [0.4, 0.5) is 5.82 Å². The molecule has 0 unspecified atom stereocenters. The molecule has 0 saturated heterocycles. The van der Waals surface area contributed by atoms with Crippen molar-refractivity contribution in [2.75, 3.05) is 5.32 Å². The van der Waals surface area contributed by atoms with Gasteiger partial charge in [-0.15, -0.1) is 0 Å². The van der Waals surface area contributed by atoms with Gasteiger partial charge >= 0.3 is 5.97 Å². The second kappa shape index (κ2) is 8.72. The van der Waals surface area contributed by atoms with Gasteiger partial charge in [0.2, 0.25) is 0 Å². The second-order valence-corrected chi connectivity index (χ2v) is 7.10. The van der Waals surface area contributed by atoms with Crippen LogP contribution in [0.2, 0.25) is 0 Å². The largest absolute Gasteiger partial charge is 0.459 e. The number of aromatic amines is 1. The summed E-state index contributed by atoms with van der Waals surface area (Å²) in [7, 11) is 0. The van der Waals surface area contributed by atoms with Crippen LogP contribution in [0.1, 0.15) is 51.5 Å². The first-order chi connectivity index (χ1) is 13.8. The lowest BCUT2D eigenvalue weighted by Crippen LogP contribution is -2.16. The third kappa shape index (κ3) is 4.90. The number of esters is 1. The molecule has 0 spiro atoms. The highest BCUT2D eigenvalue weighted by molar-refractivity contribution is 6.06. The molecule has 0 aliphatic heterocycles. The van der Waals surface area contributed by atoms with E-state index in [0.29, 0.717) is 34.9 Å². The average molecular weight is 395 g/mol. The van der Waals surface area contributed by atoms with Crippen molar-refractivity contribution in [2.24, 2.45) is 0 Å². The molecular weight excluding hydrogens is 370 g/mol. The van der Waals surface area contributed by atoms with E-state index in [-0.39, 0.29) is 12.0 Å². The summed E-state index contributed by atoms with van der Waals surface area (Å²) in [5.74, 6) is -0.345. The molecule has 0 saturated carbocycles. The van der Waals surface area contributed by atoms with E-state index < -0.39 is 5.97 Å². The Morgan fingerprint density at radius 3 is 2.62 bits per heavy atom. The lowest BCUT2D eigenvalue weighted by atomic mass is 10.1. The number of pyridine rings is 1. The summed E-state index contributed by atoms with van der Waals surface area (Å²) in [4.78, 5) is 32.0. The van der Waals surface area contributed by atoms with Gasteiger partial charge < -0.3 is 15.0 Å². The van der Waals surface area contributed by atoms with Gasteiger partial charge in [0.15, 0.2) is 5.82 Å². The molecule has 0 bridgehead atoms. The van der Waals surface area contributed by atoms with Gasteiger partial charge in [0.25, 0.3) is 5.91 Å². The third-order valence-corrected chi connectivity index (χ3v) is 4.47. The van der Waals surface area contributed by atoms with Crippen LogP contribution in [-0.4, -0.2) is 37.7 Å². The van der Waals surface area contributed by atoms with Crippen molar-refractivity contribution in [1.29, 1.82) is 0 Å². The highest BCUT2D eigenvalue weighted by Crippen LogP contribution is 2.20. The second-order valence-electron chi connectivity index (χ2n) is 7.10. The topological polar surface area (TPSA) is 102 Å². The number of nitrogens with zero attached hydrogens (tertiary/aromatic N) is 3. The zero-order chi connectivity index (χ0) is 21.0. The zero-order valence-electron chi connectivity index (χ0n) is 17.0. The lowest BCUT2D eigenvalue weighted by molar-refractivity contribution is 0.0376. The first kappa shape index (κ1) is 20.3. The summed E-state index contributed by atoms with van der Waals surface area (Å²) < 4.78 is 7.04. The smallest absolute Gasteiger partial charge is 0.340 e. The average Bonchev–Trinajstić information content (AvgIpc) is 3.24. The minimum Gasteiger partial charge on any atom is -0.459 e. The van der Waals surface area contributed by atoms with E-state index >= 15 is 0 Å². The highest BCUT2D eigenvalue weighted by Gasteiger charge is 2.24. The molecule has 0 aliphatic carbocycles. The van der Waals surface area contributed by atoms with Crippen LogP contribution in [0.25, 0.3) is 0 Å². The molecule has 2 N–H and O–H groups in total. The normalized spacial score (nSPS) is 10.9. The number of aromatic nitrogens is 4. The zero-order valence-corrected chi connectivity index (χ0v) is 17.0. The van der Waals surface area contributed by atoms with Crippen molar-refractivity contribution in [1.82, 2.24) is 19.7 Å². The van der Waals surface area contributed by atoms with Gasteiger partial charge in [-0.25, -0.2) is 4.79 Å². The fourth-order valence-electron chi connectivity index (χ4n) is 3.08. The summed E-state index contributed by atoms with van der Waals surface area (Å²) in [6, 6.07) is 5.67. The molecule has 0 aromatic carbocycles. The number of carbonyl (C=O) groups excluding carboxylic acids is 2. The van der Waals surface area contributed by atoms with E-state index in [1.165, 1.54) is 5.56 Å². The fourth-order valence-corrected chi connectivity index (χ4v) is 3.08. The van der Waals surface area contributed by atoms with Crippen LogP contribution in [0.15, 0.2) is 36.8 Å². The summed E-state index contributed by atoms with van der Waals surface area (Å²) in [5.41, 5.74) is 3.04. The van der Waals surface area contributed by atoms with Crippen molar-refractivity contribution < 1.29 is 14.3 Å². The number of nitrogens with one attached hydrogen (secondary N) is 2. The number of ether oxygens (including phenoxy) is 1. The van der Waals surface area contributed by atoms with Crippen molar-refractivity contribution in [3.8, 4) is 0 Å². The molecule has 3 heterocycles. The Balaban J connectivity index is 1.66. The Hall–Kier alpha value is -3.42. The molecule has 1 amide bonds. The van der Waals surface area contributed by atoms with Gasteiger partial charge in [-0.2, -0.15) is 5.10 Å². The molecular formula is C21H25N5O3. The molecule has 0 fully saturated rings. The molecule has 29 heavy (non-hydrogen) atoms. The number of anilines is 1. The van der Waals surface area contributed by atoms with E-state index in [0.717, 1.165) is 6.42 Å². The van der Waals surface area contributed by atoms with Crippen LogP contribution in [0, 0.1) is 13.8 Å². The molecule has 0 atom stereocenters. The predicted molar refractivity (Wildman–Crippen MR) is 109 cm³/mol. The Labute approximate surface area is 169 Å². The van der Waals surface area contributed by atoms with E-state index in [1.54, 1.807) is 50.8 Å². The number of carbonyl (C=O) groups is 2. The van der Waals surface area contributed by atoms with Crippen LogP contribution in [0.3, 0.4) is 0 Å². The number of hydrogen-bond acceptors (Lipinski definition) is 5. The van der Waals surface area contributed by atoms with Crippen LogP contribution in [-0.2, 0) is 17.7 Å². The summed E-state index contributed by atoms with van der Waals surface area (Å²) >= 11 is 0. The predicted octanol–water partition coefficient (Wildman–Crippen LogP) is 3.28. The fraction of sp³-hybridized carbons (Fsp3) is 0.333. The van der Waals surface area contributed by atoms with Gasteiger partial charge in [-0.3, -0.25) is 14.5 Å². The molecule has 0 aliphatic rings. The van der Waals surface area contributed by atoms with E-state index in [4.69, 9.17) is 4.74 Å². The quantitative estimate of drug-likeness (QED) is 0.598. The van der Waals surface area contributed by atoms with Crippen molar-refractivity contribution in [3.63, 3.8) is 0 Å². The maximum atomic E-state index is 12.7. The summed E-state index contributed by atoms with van der Waals surface area (Å²) in [5, 5.41) is 7.16. The van der Waals surface area contributed by atoms with E-state index in [1.807, 2.05) is 18.3 Å². The van der Waals surface area contributed by atoms with Gasteiger partial charge in [0, 0.05) is 36.9 Å². The number of aryl methyl sites for hydroxylation is 3. The summed E-state index contributed by atoms with van der Waals surface area (Å²) in [6.07, 6.45) is 5.92. The molecule has 0 radical (unpaired) electrons. The Morgan fingerprint density at radius 1 is 1.21 bits per heavy atom. The van der Waals surface area contributed by atoms with Crippen molar-refractivity contribution in [3.05, 3.63) is 64.9 Å². The maximum Gasteiger partial charge on any atom is 0.340 e. The first-order valence-corrected chi connectivity index (χ1v) is 9.49. The van der Waals surface area contributed by atoms with Gasteiger partial charge in [0.1, 0.15) is 5.69 Å². The minimum atomic E-state index is -0.439. The van der Waals surface area contributed by atoms with Crippen molar-refractivity contribution >= 4 is 17.7 Å². The maximum absolute atomic E-state index is 12.7. The molecule has 8 nitrogen and oxygen atoms in total. The number of hydrogen-bond donors (Lipinski definition) is 2. The molecule has 152 valence electrons. The monoisotopic (exact) mass is 395 g/mol. The Kier molecular flexibility index (Phi) is 6.11. The van der Waals surface area contributed by atoms with Gasteiger partial charge in [-0.05, 0) is 57.4 Å². The third-order valence-electron chi connectivity index (χ3n) is 4.47. The highest BCUT2D eigenvalue weighted by atomic mass is 16.5. The molecule has 3 aromatic rings. The standard InChI is InChI=1S/C21H25N5O3/c1-13(2)29-21(28)18-14(3)19(23-15(18)4)20(27)24-17-8-12-26(25-17)11-7-16-5-9-22-10-6-16/h5-6,8-10,12-13,23H,7,11H2,1-4H3,(H,24,25,27). The lowest BCUT2D eigenvalue weighted by Gasteiger charge is -2.08. The minimum absolute atomic E-state index is 0.232. The Bertz CT molecular complexity index is 1000. The van der Waals surface area contributed by atoms with Gasteiger partial charge in [0.05, 0.1) is 11.7 Å². The number of rotatable bonds is 7. The van der Waals surface area contributed by atoms with Crippen molar-refractivity contribution in [2.45, 2.75) is 46.8 Å². The molecule has 3 rings (SSSR count). The van der Waals surface area contributed by atoms with E-state index in [9.17, 15) is 9.59 Å². The molecule has 3 aromatic heterocycles. The SMILES string of the molecule is Cc1[nH]c(C(=O)Nc2ccn(CCc3ccncc3)n2)c(C)c1C(=O)OC(C)C. The Morgan fingerprint density at radius 2 is 1.93 bits per heavy atom. The summed E-state index contributed by atoms with van der Waals surface area (Å²) in [6.45, 7) is 7.73. The molecule has 8 heteroatoms. The van der Waals surface area contributed by atoms with E-state index in [2.05, 4.69) is 20.4 Å². The number of H-pyrrole nitrogens is 1. The van der Waals surface area contributed by atoms with Gasteiger partial charge in [-0.1, -0.05) is 0 Å². The number of amides is 1. The van der Waals surface area contributed by atoms with Crippen LogP contribution < -0.4 is 5.32 Å². The van der Waals surface area contributed by atoms with Crippen LogP contribution >= 0.6 is 0 Å².